The van der Waals surface area contributed by atoms with E-state index >= 15 is 0 Å². The molecular weight excluding hydrogens is 310 g/mol. The van der Waals surface area contributed by atoms with Crippen molar-refractivity contribution in [3.05, 3.63) is 22.4 Å². The zero-order valence-corrected chi connectivity index (χ0v) is 15.2. The average Bonchev–Trinajstić information content (AvgIpc) is 3.17. The SMILES string of the molecule is CC(C)(C)C(O)CNC(=O)NCC(c1cccs1)N1CCCC1. The van der Waals surface area contributed by atoms with Gasteiger partial charge in [-0.3, -0.25) is 4.90 Å². The van der Waals surface area contributed by atoms with E-state index in [2.05, 4.69) is 33.0 Å². The van der Waals surface area contributed by atoms with Gasteiger partial charge >= 0.3 is 6.03 Å². The van der Waals surface area contributed by atoms with E-state index in [4.69, 9.17) is 0 Å². The number of aliphatic hydroxyl groups excluding tert-OH is 1. The Morgan fingerprint density at radius 3 is 2.52 bits per heavy atom. The summed E-state index contributed by atoms with van der Waals surface area (Å²) in [6, 6.07) is 4.23. The van der Waals surface area contributed by atoms with Crippen LogP contribution in [0.15, 0.2) is 17.5 Å². The van der Waals surface area contributed by atoms with Crippen LogP contribution in [0.4, 0.5) is 4.79 Å². The molecule has 1 aliphatic heterocycles. The molecule has 130 valence electrons. The second-order valence-electron chi connectivity index (χ2n) is 7.25. The maximum absolute atomic E-state index is 12.0. The van der Waals surface area contributed by atoms with E-state index in [0.717, 1.165) is 13.1 Å². The fraction of sp³-hybridized carbons (Fsp3) is 0.706. The van der Waals surface area contributed by atoms with Crippen molar-refractivity contribution in [2.24, 2.45) is 5.41 Å². The molecule has 0 spiro atoms. The van der Waals surface area contributed by atoms with Gasteiger partial charge in [0.25, 0.3) is 0 Å². The van der Waals surface area contributed by atoms with Crippen LogP contribution in [0, 0.1) is 5.41 Å². The highest BCUT2D eigenvalue weighted by Gasteiger charge is 2.25. The lowest BCUT2D eigenvalue weighted by Crippen LogP contribution is -2.45. The molecule has 23 heavy (non-hydrogen) atoms. The molecule has 2 unspecified atom stereocenters. The van der Waals surface area contributed by atoms with Gasteiger partial charge in [0.2, 0.25) is 0 Å². The van der Waals surface area contributed by atoms with Crippen LogP contribution in [0.2, 0.25) is 0 Å². The van der Waals surface area contributed by atoms with E-state index < -0.39 is 6.10 Å². The standard InChI is InChI=1S/C17H29N3O2S/c1-17(2,3)15(21)12-19-16(22)18-11-13(14-7-6-10-23-14)20-8-4-5-9-20/h6-7,10,13,15,21H,4-5,8-9,11-12H2,1-3H3,(H2,18,19,22). The van der Waals surface area contributed by atoms with E-state index in [-0.39, 0.29) is 24.0 Å². The molecule has 2 amide bonds. The summed E-state index contributed by atoms with van der Waals surface area (Å²) in [7, 11) is 0. The summed E-state index contributed by atoms with van der Waals surface area (Å²) in [5.74, 6) is 0. The predicted octanol–water partition coefficient (Wildman–Crippen LogP) is 2.59. The number of carbonyl (C=O) groups excluding carboxylic acids is 1. The molecule has 0 saturated carbocycles. The maximum Gasteiger partial charge on any atom is 0.314 e. The summed E-state index contributed by atoms with van der Waals surface area (Å²) < 4.78 is 0. The number of nitrogens with one attached hydrogen (secondary N) is 2. The molecule has 0 aliphatic carbocycles. The molecule has 0 bridgehead atoms. The van der Waals surface area contributed by atoms with E-state index in [1.807, 2.05) is 20.8 Å². The van der Waals surface area contributed by atoms with Crippen molar-refractivity contribution in [2.75, 3.05) is 26.2 Å². The first-order valence-electron chi connectivity index (χ1n) is 8.35. The number of amides is 2. The summed E-state index contributed by atoms with van der Waals surface area (Å²) in [4.78, 5) is 15.7. The number of hydrogen-bond acceptors (Lipinski definition) is 4. The molecule has 2 rings (SSSR count). The number of thiophene rings is 1. The van der Waals surface area contributed by atoms with Crippen molar-refractivity contribution in [1.29, 1.82) is 0 Å². The van der Waals surface area contributed by atoms with Gasteiger partial charge in [-0.1, -0.05) is 26.8 Å². The van der Waals surface area contributed by atoms with Crippen LogP contribution < -0.4 is 10.6 Å². The molecule has 5 nitrogen and oxygen atoms in total. The molecule has 1 fully saturated rings. The minimum absolute atomic E-state index is 0.214. The third-order valence-corrected chi connectivity index (χ3v) is 5.34. The lowest BCUT2D eigenvalue weighted by molar-refractivity contribution is 0.0649. The number of carbonyl (C=O) groups is 1. The number of hydrogen-bond donors (Lipinski definition) is 3. The van der Waals surface area contributed by atoms with Crippen molar-refractivity contribution in [1.82, 2.24) is 15.5 Å². The number of aliphatic hydroxyl groups is 1. The molecule has 0 radical (unpaired) electrons. The van der Waals surface area contributed by atoms with Crippen molar-refractivity contribution in [2.45, 2.75) is 45.8 Å². The third-order valence-electron chi connectivity index (χ3n) is 4.36. The second kappa shape index (κ2) is 8.13. The van der Waals surface area contributed by atoms with Crippen LogP contribution in [0.1, 0.15) is 44.5 Å². The van der Waals surface area contributed by atoms with Crippen LogP contribution in [-0.2, 0) is 0 Å². The molecule has 3 N–H and O–H groups in total. The Hall–Kier alpha value is -1.11. The van der Waals surface area contributed by atoms with Crippen LogP contribution in [0.5, 0.6) is 0 Å². The van der Waals surface area contributed by atoms with Gasteiger partial charge in [-0.2, -0.15) is 0 Å². The van der Waals surface area contributed by atoms with E-state index in [9.17, 15) is 9.90 Å². The molecule has 2 atom stereocenters. The summed E-state index contributed by atoms with van der Waals surface area (Å²) in [5.41, 5.74) is -0.234. The third kappa shape index (κ3) is 5.48. The Bertz CT molecular complexity index is 479. The smallest absolute Gasteiger partial charge is 0.314 e. The lowest BCUT2D eigenvalue weighted by Gasteiger charge is -2.28. The summed E-state index contributed by atoms with van der Waals surface area (Å²) in [6.45, 7) is 8.91. The van der Waals surface area contributed by atoms with E-state index in [0.29, 0.717) is 6.54 Å². The van der Waals surface area contributed by atoms with Crippen molar-refractivity contribution < 1.29 is 9.90 Å². The van der Waals surface area contributed by atoms with Crippen LogP contribution in [0.3, 0.4) is 0 Å². The Labute approximate surface area is 143 Å². The first-order chi connectivity index (χ1) is 10.9. The summed E-state index contributed by atoms with van der Waals surface area (Å²) >= 11 is 1.74. The highest BCUT2D eigenvalue weighted by molar-refractivity contribution is 7.10. The highest BCUT2D eigenvalue weighted by Crippen LogP contribution is 2.27. The monoisotopic (exact) mass is 339 g/mol. The Morgan fingerprint density at radius 1 is 1.30 bits per heavy atom. The number of nitrogens with zero attached hydrogens (tertiary/aromatic N) is 1. The molecule has 1 saturated heterocycles. The van der Waals surface area contributed by atoms with Gasteiger partial charge in [-0.05, 0) is 42.8 Å². The Balaban J connectivity index is 1.82. The normalized spacial score (nSPS) is 18.6. The van der Waals surface area contributed by atoms with Crippen molar-refractivity contribution >= 4 is 17.4 Å². The highest BCUT2D eigenvalue weighted by atomic mass is 32.1. The number of rotatable bonds is 6. The van der Waals surface area contributed by atoms with Gasteiger partial charge in [0.15, 0.2) is 0 Å². The molecular formula is C17H29N3O2S. The first-order valence-corrected chi connectivity index (χ1v) is 9.23. The first kappa shape index (κ1) is 18.2. The Morgan fingerprint density at radius 2 is 1.96 bits per heavy atom. The predicted molar refractivity (Wildman–Crippen MR) is 94.7 cm³/mol. The fourth-order valence-electron chi connectivity index (χ4n) is 2.69. The zero-order chi connectivity index (χ0) is 16.9. The van der Waals surface area contributed by atoms with Crippen LogP contribution in [-0.4, -0.2) is 48.3 Å². The second-order valence-corrected chi connectivity index (χ2v) is 8.23. The molecule has 2 heterocycles. The maximum atomic E-state index is 12.0. The number of likely N-dealkylation sites (tertiary alicyclic amines) is 1. The average molecular weight is 340 g/mol. The number of urea groups is 1. The zero-order valence-electron chi connectivity index (χ0n) is 14.3. The topological polar surface area (TPSA) is 64.6 Å². The van der Waals surface area contributed by atoms with Gasteiger partial charge in [0, 0.05) is 18.0 Å². The van der Waals surface area contributed by atoms with Gasteiger partial charge in [0.05, 0.1) is 12.1 Å². The fourth-order valence-corrected chi connectivity index (χ4v) is 3.55. The molecule has 1 aliphatic rings. The quantitative estimate of drug-likeness (QED) is 0.746. The lowest BCUT2D eigenvalue weighted by atomic mass is 9.89. The summed E-state index contributed by atoms with van der Waals surface area (Å²) in [6.07, 6.45) is 1.90. The minimum Gasteiger partial charge on any atom is -0.391 e. The van der Waals surface area contributed by atoms with Gasteiger partial charge in [-0.15, -0.1) is 11.3 Å². The van der Waals surface area contributed by atoms with E-state index in [1.54, 1.807) is 11.3 Å². The van der Waals surface area contributed by atoms with E-state index in [1.165, 1.54) is 17.7 Å². The molecule has 0 aromatic carbocycles. The van der Waals surface area contributed by atoms with Gasteiger partial charge in [0.1, 0.15) is 0 Å². The van der Waals surface area contributed by atoms with Gasteiger partial charge < -0.3 is 15.7 Å². The summed E-state index contributed by atoms with van der Waals surface area (Å²) in [5, 5.41) is 17.8. The van der Waals surface area contributed by atoms with Gasteiger partial charge in [-0.25, -0.2) is 4.79 Å². The Kier molecular flexibility index (Phi) is 6.44. The largest absolute Gasteiger partial charge is 0.391 e. The van der Waals surface area contributed by atoms with Crippen molar-refractivity contribution in [3.63, 3.8) is 0 Å². The molecule has 1 aromatic rings. The van der Waals surface area contributed by atoms with Crippen LogP contribution in [0.25, 0.3) is 0 Å². The molecule has 1 aromatic heterocycles. The minimum atomic E-state index is -0.556. The molecule has 6 heteroatoms. The van der Waals surface area contributed by atoms with Crippen LogP contribution >= 0.6 is 11.3 Å². The van der Waals surface area contributed by atoms with Crippen molar-refractivity contribution in [3.8, 4) is 0 Å².